The van der Waals surface area contributed by atoms with E-state index in [9.17, 15) is 9.90 Å². The predicted octanol–water partition coefficient (Wildman–Crippen LogP) is 1.77. The fourth-order valence-corrected chi connectivity index (χ4v) is 3.39. The van der Waals surface area contributed by atoms with Crippen molar-refractivity contribution in [3.63, 3.8) is 0 Å². The molecule has 0 aromatic carbocycles. The van der Waals surface area contributed by atoms with Crippen LogP contribution in [0.25, 0.3) is 11.0 Å². The van der Waals surface area contributed by atoms with E-state index in [0.29, 0.717) is 49.1 Å². The minimum Gasteiger partial charge on any atom is -0.493 e. The van der Waals surface area contributed by atoms with E-state index in [1.807, 2.05) is 6.92 Å². The van der Waals surface area contributed by atoms with Crippen LogP contribution in [0, 0.1) is 0 Å². The molecule has 2 heterocycles. The van der Waals surface area contributed by atoms with Crippen LogP contribution in [0.3, 0.4) is 0 Å². The summed E-state index contributed by atoms with van der Waals surface area (Å²) >= 11 is 0. The first kappa shape index (κ1) is 16.6. The molecule has 0 bridgehead atoms. The number of ether oxygens (including phenoxy) is 2. The van der Waals surface area contributed by atoms with Crippen molar-refractivity contribution >= 4 is 17.0 Å². The van der Waals surface area contributed by atoms with Crippen LogP contribution < -0.4 is 0 Å². The number of esters is 1. The highest BCUT2D eigenvalue weighted by atomic mass is 16.6. The number of fused-ring (bicyclic) bond motifs is 1. The lowest BCUT2D eigenvalue weighted by atomic mass is 9.78. The minimum atomic E-state index is -0.886. The molecule has 0 saturated heterocycles. The molecule has 8 heteroatoms. The second-order valence-electron chi connectivity index (χ2n) is 6.07. The molecule has 0 unspecified atom stereocenters. The van der Waals surface area contributed by atoms with Gasteiger partial charge in [-0.3, -0.25) is 0 Å². The van der Waals surface area contributed by atoms with Gasteiger partial charge in [-0.05, 0) is 32.6 Å². The summed E-state index contributed by atoms with van der Waals surface area (Å²) in [6, 6.07) is 0. The summed E-state index contributed by atoms with van der Waals surface area (Å²) in [4.78, 5) is 20.9. The zero-order valence-electron chi connectivity index (χ0n) is 14.2. The largest absolute Gasteiger partial charge is 0.493 e. The lowest BCUT2D eigenvalue weighted by Gasteiger charge is -2.36. The summed E-state index contributed by atoms with van der Waals surface area (Å²) in [7, 11) is 2.90. The van der Waals surface area contributed by atoms with E-state index in [-0.39, 0.29) is 17.8 Å². The van der Waals surface area contributed by atoms with E-state index < -0.39 is 5.60 Å². The molecule has 130 valence electrons. The molecular formula is C16H22N4O4. The van der Waals surface area contributed by atoms with Crippen LogP contribution >= 0.6 is 0 Å². The first-order valence-corrected chi connectivity index (χ1v) is 8.10. The molecule has 0 atom stereocenters. The Morgan fingerprint density at radius 2 is 2.08 bits per heavy atom. The van der Waals surface area contributed by atoms with Gasteiger partial charge in [0.2, 0.25) is 5.88 Å². The van der Waals surface area contributed by atoms with Gasteiger partial charge in [-0.2, -0.15) is 10.1 Å². The Bertz CT molecular complexity index is 750. The van der Waals surface area contributed by atoms with Crippen molar-refractivity contribution in [3.05, 3.63) is 12.0 Å². The highest BCUT2D eigenvalue weighted by Gasteiger charge is 2.44. The first-order valence-electron chi connectivity index (χ1n) is 8.10. The molecule has 3 rings (SSSR count). The molecule has 0 amide bonds. The number of aromatic nitrogens is 4. The summed E-state index contributed by atoms with van der Waals surface area (Å²) in [6.45, 7) is 2.63. The van der Waals surface area contributed by atoms with Gasteiger partial charge in [0.05, 0.1) is 13.3 Å². The van der Waals surface area contributed by atoms with Crippen molar-refractivity contribution in [1.29, 1.82) is 0 Å². The van der Waals surface area contributed by atoms with E-state index >= 15 is 0 Å². The molecule has 0 aliphatic heterocycles. The van der Waals surface area contributed by atoms with Crippen LogP contribution in [0.2, 0.25) is 0 Å². The minimum absolute atomic E-state index is 0.0498. The SMILES string of the molecule is CCn1ncc2c(O)nc(C3CCC(OC)(C(=O)OC)CC3)nc21. The maximum Gasteiger partial charge on any atom is 0.338 e. The van der Waals surface area contributed by atoms with Crippen molar-refractivity contribution in [1.82, 2.24) is 19.7 Å². The van der Waals surface area contributed by atoms with Gasteiger partial charge in [0.1, 0.15) is 11.2 Å². The van der Waals surface area contributed by atoms with E-state index in [2.05, 4.69) is 15.1 Å². The Balaban J connectivity index is 1.86. The Hall–Kier alpha value is -2.22. The third-order valence-corrected chi connectivity index (χ3v) is 4.90. The molecule has 0 radical (unpaired) electrons. The maximum absolute atomic E-state index is 12.0. The van der Waals surface area contributed by atoms with Crippen LogP contribution in [0.4, 0.5) is 0 Å². The summed E-state index contributed by atoms with van der Waals surface area (Å²) < 4.78 is 12.1. The molecule has 1 aliphatic carbocycles. The second kappa shape index (κ2) is 6.35. The fourth-order valence-electron chi connectivity index (χ4n) is 3.39. The molecule has 8 nitrogen and oxygen atoms in total. The van der Waals surface area contributed by atoms with Crippen LogP contribution in [-0.4, -0.2) is 50.6 Å². The average Bonchev–Trinajstić information content (AvgIpc) is 3.04. The van der Waals surface area contributed by atoms with E-state index in [1.54, 1.807) is 10.9 Å². The van der Waals surface area contributed by atoms with Gasteiger partial charge in [0.15, 0.2) is 11.2 Å². The number of nitrogens with zero attached hydrogens (tertiary/aromatic N) is 4. The third kappa shape index (κ3) is 2.60. The molecule has 1 saturated carbocycles. The molecule has 1 N–H and O–H groups in total. The van der Waals surface area contributed by atoms with Crippen LogP contribution in [0.5, 0.6) is 5.88 Å². The summed E-state index contributed by atoms with van der Waals surface area (Å²) in [5.74, 6) is 0.260. The van der Waals surface area contributed by atoms with Gasteiger partial charge in [0, 0.05) is 19.6 Å². The third-order valence-electron chi connectivity index (χ3n) is 4.90. The zero-order chi connectivity index (χ0) is 17.3. The Kier molecular flexibility index (Phi) is 4.40. The quantitative estimate of drug-likeness (QED) is 0.851. The lowest BCUT2D eigenvalue weighted by molar-refractivity contribution is -0.170. The summed E-state index contributed by atoms with van der Waals surface area (Å²) in [5, 5.41) is 14.9. The summed E-state index contributed by atoms with van der Waals surface area (Å²) in [6.07, 6.45) is 4.03. The second-order valence-corrected chi connectivity index (χ2v) is 6.07. The number of carbonyl (C=O) groups excluding carboxylic acids is 1. The Labute approximate surface area is 139 Å². The number of aryl methyl sites for hydroxylation is 1. The topological polar surface area (TPSA) is 99.4 Å². The normalized spacial score (nSPS) is 24.2. The van der Waals surface area contributed by atoms with Crippen LogP contribution in [0.1, 0.15) is 44.3 Å². The van der Waals surface area contributed by atoms with Gasteiger partial charge in [-0.1, -0.05) is 0 Å². The van der Waals surface area contributed by atoms with Gasteiger partial charge in [0.25, 0.3) is 0 Å². The van der Waals surface area contributed by atoms with Crippen LogP contribution in [-0.2, 0) is 20.8 Å². The van der Waals surface area contributed by atoms with E-state index in [4.69, 9.17) is 9.47 Å². The monoisotopic (exact) mass is 334 g/mol. The van der Waals surface area contributed by atoms with E-state index in [1.165, 1.54) is 14.2 Å². The predicted molar refractivity (Wildman–Crippen MR) is 85.6 cm³/mol. The highest BCUT2D eigenvalue weighted by molar-refractivity contribution is 5.80. The molecule has 24 heavy (non-hydrogen) atoms. The van der Waals surface area contributed by atoms with Crippen molar-refractivity contribution in [2.45, 2.75) is 50.7 Å². The van der Waals surface area contributed by atoms with Gasteiger partial charge in [-0.15, -0.1) is 0 Å². The molecule has 1 fully saturated rings. The van der Waals surface area contributed by atoms with Crippen molar-refractivity contribution in [2.75, 3.05) is 14.2 Å². The number of hydrogen-bond acceptors (Lipinski definition) is 7. The van der Waals surface area contributed by atoms with E-state index in [0.717, 1.165) is 0 Å². The Morgan fingerprint density at radius 3 is 2.67 bits per heavy atom. The van der Waals surface area contributed by atoms with Crippen LogP contribution in [0.15, 0.2) is 6.20 Å². The number of rotatable bonds is 4. The zero-order valence-corrected chi connectivity index (χ0v) is 14.2. The summed E-state index contributed by atoms with van der Waals surface area (Å²) in [5.41, 5.74) is -0.251. The van der Waals surface area contributed by atoms with Gasteiger partial charge >= 0.3 is 5.97 Å². The highest BCUT2D eigenvalue weighted by Crippen LogP contribution is 2.40. The number of hydrogen-bond donors (Lipinski definition) is 1. The van der Waals surface area contributed by atoms with Crippen molar-refractivity contribution < 1.29 is 19.4 Å². The molecule has 1 aliphatic rings. The molecular weight excluding hydrogens is 312 g/mol. The lowest BCUT2D eigenvalue weighted by Crippen LogP contribution is -2.44. The van der Waals surface area contributed by atoms with Gasteiger partial charge in [-0.25, -0.2) is 14.5 Å². The first-order chi connectivity index (χ1) is 11.5. The smallest absolute Gasteiger partial charge is 0.338 e. The Morgan fingerprint density at radius 1 is 1.38 bits per heavy atom. The van der Waals surface area contributed by atoms with Gasteiger partial charge < -0.3 is 14.6 Å². The van der Waals surface area contributed by atoms with Crippen molar-refractivity contribution in [3.8, 4) is 5.88 Å². The molecule has 2 aromatic rings. The van der Waals surface area contributed by atoms with Crippen molar-refractivity contribution in [2.24, 2.45) is 0 Å². The average molecular weight is 334 g/mol. The number of carbonyl (C=O) groups is 1. The number of aromatic hydroxyl groups is 1. The fraction of sp³-hybridized carbons (Fsp3) is 0.625. The molecule has 0 spiro atoms. The maximum atomic E-state index is 12.0. The number of methoxy groups -OCH3 is 2. The molecule has 2 aromatic heterocycles. The standard InChI is InChI=1S/C16H22N4O4/c1-4-20-13-11(9-17-20)14(21)19-12(18-13)10-5-7-16(24-3,8-6-10)15(22)23-2/h9-10H,4-8H2,1-3H3,(H,18,19,21).